The number of likely N-dealkylation sites (N-methyl/N-ethyl adjacent to an activating group) is 1. The molecule has 0 aromatic rings. The van der Waals surface area contributed by atoms with E-state index in [0.29, 0.717) is 12.5 Å². The Bertz CT molecular complexity index is 273. The Hall–Kier alpha value is -0.610. The summed E-state index contributed by atoms with van der Waals surface area (Å²) >= 11 is 0. The van der Waals surface area contributed by atoms with Gasteiger partial charge in [0.2, 0.25) is 5.91 Å². The molecule has 0 saturated heterocycles. The second-order valence-electron chi connectivity index (χ2n) is 6.16. The third-order valence-electron chi connectivity index (χ3n) is 3.59. The molecule has 4 nitrogen and oxygen atoms in total. The second kappa shape index (κ2) is 5.36. The molecule has 0 radical (unpaired) electrons. The molecule has 3 unspecified atom stereocenters. The standard InChI is InChI=1S/C13H26N2O2/c1-9-7-10(5-6-11(9)14)12(16)15(4)8-13(2,3)17/h9-11,17H,5-8,14H2,1-4H3. The number of amides is 1. The molecule has 4 heteroatoms. The molecule has 1 aliphatic carbocycles. The number of nitrogens with zero attached hydrogens (tertiary/aromatic N) is 1. The van der Waals surface area contributed by atoms with E-state index in [1.165, 1.54) is 0 Å². The van der Waals surface area contributed by atoms with Gasteiger partial charge in [0.1, 0.15) is 0 Å². The maximum atomic E-state index is 12.2. The van der Waals surface area contributed by atoms with Crippen LogP contribution < -0.4 is 5.73 Å². The number of hydrogen-bond acceptors (Lipinski definition) is 3. The first-order valence-corrected chi connectivity index (χ1v) is 6.43. The highest BCUT2D eigenvalue weighted by molar-refractivity contribution is 5.78. The third kappa shape index (κ3) is 4.28. The van der Waals surface area contributed by atoms with Gasteiger partial charge in [-0.1, -0.05) is 6.92 Å². The minimum Gasteiger partial charge on any atom is -0.389 e. The average molecular weight is 242 g/mol. The Morgan fingerprint density at radius 2 is 2.06 bits per heavy atom. The van der Waals surface area contributed by atoms with E-state index in [2.05, 4.69) is 6.92 Å². The minimum atomic E-state index is -0.832. The van der Waals surface area contributed by atoms with Crippen LogP contribution in [0.2, 0.25) is 0 Å². The van der Waals surface area contributed by atoms with Crippen molar-refractivity contribution in [2.45, 2.75) is 51.7 Å². The van der Waals surface area contributed by atoms with Gasteiger partial charge >= 0.3 is 0 Å². The lowest BCUT2D eigenvalue weighted by Crippen LogP contribution is -2.45. The Labute approximate surface area is 104 Å². The van der Waals surface area contributed by atoms with Crippen molar-refractivity contribution in [1.29, 1.82) is 0 Å². The molecule has 100 valence electrons. The zero-order valence-electron chi connectivity index (χ0n) is 11.4. The fourth-order valence-corrected chi connectivity index (χ4v) is 2.61. The van der Waals surface area contributed by atoms with Crippen LogP contribution in [0, 0.1) is 11.8 Å². The molecule has 1 amide bonds. The van der Waals surface area contributed by atoms with Crippen molar-refractivity contribution in [2.24, 2.45) is 17.6 Å². The van der Waals surface area contributed by atoms with Crippen LogP contribution in [0.15, 0.2) is 0 Å². The quantitative estimate of drug-likeness (QED) is 0.775. The third-order valence-corrected chi connectivity index (χ3v) is 3.59. The molecule has 0 aromatic heterocycles. The van der Waals surface area contributed by atoms with E-state index in [1.54, 1.807) is 25.8 Å². The first kappa shape index (κ1) is 14.5. The van der Waals surface area contributed by atoms with Gasteiger partial charge in [-0.15, -0.1) is 0 Å². The number of carbonyl (C=O) groups excluding carboxylic acids is 1. The van der Waals surface area contributed by atoms with Crippen molar-refractivity contribution in [3.05, 3.63) is 0 Å². The maximum Gasteiger partial charge on any atom is 0.225 e. The molecular weight excluding hydrogens is 216 g/mol. The molecule has 0 aliphatic heterocycles. The largest absolute Gasteiger partial charge is 0.389 e. The molecule has 1 saturated carbocycles. The van der Waals surface area contributed by atoms with Gasteiger partial charge in [0.25, 0.3) is 0 Å². The van der Waals surface area contributed by atoms with Crippen LogP contribution in [0.5, 0.6) is 0 Å². The van der Waals surface area contributed by atoms with Crippen molar-refractivity contribution in [3.63, 3.8) is 0 Å². The Balaban J connectivity index is 2.53. The summed E-state index contributed by atoms with van der Waals surface area (Å²) < 4.78 is 0. The molecular formula is C13H26N2O2. The van der Waals surface area contributed by atoms with Crippen molar-refractivity contribution in [2.75, 3.05) is 13.6 Å². The summed E-state index contributed by atoms with van der Waals surface area (Å²) in [5.74, 6) is 0.635. The van der Waals surface area contributed by atoms with Gasteiger partial charge in [0, 0.05) is 25.6 Å². The topological polar surface area (TPSA) is 66.6 Å². The van der Waals surface area contributed by atoms with Gasteiger partial charge in [-0.2, -0.15) is 0 Å². The second-order valence-corrected chi connectivity index (χ2v) is 6.16. The summed E-state index contributed by atoms with van der Waals surface area (Å²) in [6, 6.07) is 0.235. The summed E-state index contributed by atoms with van der Waals surface area (Å²) in [7, 11) is 1.76. The summed E-state index contributed by atoms with van der Waals surface area (Å²) in [5, 5.41) is 9.72. The van der Waals surface area contributed by atoms with Crippen molar-refractivity contribution >= 4 is 5.91 Å². The number of rotatable bonds is 3. The van der Waals surface area contributed by atoms with E-state index in [9.17, 15) is 9.90 Å². The molecule has 1 aliphatic rings. The van der Waals surface area contributed by atoms with E-state index in [0.717, 1.165) is 19.3 Å². The molecule has 0 heterocycles. The Morgan fingerprint density at radius 3 is 2.53 bits per heavy atom. The van der Waals surface area contributed by atoms with Crippen molar-refractivity contribution in [1.82, 2.24) is 4.90 Å². The Kier molecular flexibility index (Phi) is 4.55. The van der Waals surface area contributed by atoms with Gasteiger partial charge in [0.15, 0.2) is 0 Å². The lowest BCUT2D eigenvalue weighted by Gasteiger charge is -2.34. The van der Waals surface area contributed by atoms with E-state index >= 15 is 0 Å². The van der Waals surface area contributed by atoms with Crippen molar-refractivity contribution in [3.8, 4) is 0 Å². The van der Waals surface area contributed by atoms with E-state index < -0.39 is 5.60 Å². The van der Waals surface area contributed by atoms with E-state index in [-0.39, 0.29) is 17.9 Å². The maximum absolute atomic E-state index is 12.2. The first-order chi connectivity index (χ1) is 7.70. The minimum absolute atomic E-state index is 0.0807. The van der Waals surface area contributed by atoms with Crippen molar-refractivity contribution < 1.29 is 9.90 Å². The van der Waals surface area contributed by atoms with Crippen LogP contribution >= 0.6 is 0 Å². The highest BCUT2D eigenvalue weighted by atomic mass is 16.3. The van der Waals surface area contributed by atoms with Crippen LogP contribution in [0.1, 0.15) is 40.0 Å². The number of aliphatic hydroxyl groups is 1. The van der Waals surface area contributed by atoms with Crippen LogP contribution in [-0.4, -0.2) is 41.1 Å². The molecule has 0 spiro atoms. The van der Waals surface area contributed by atoms with Gasteiger partial charge in [-0.3, -0.25) is 4.79 Å². The molecule has 0 bridgehead atoms. The summed E-state index contributed by atoms with van der Waals surface area (Å²) in [5.41, 5.74) is 5.12. The predicted molar refractivity (Wildman–Crippen MR) is 68.4 cm³/mol. The average Bonchev–Trinajstić information content (AvgIpc) is 2.18. The zero-order chi connectivity index (χ0) is 13.2. The SMILES string of the molecule is CC1CC(C(=O)N(C)CC(C)(C)O)CCC1N. The van der Waals surface area contributed by atoms with Gasteiger partial charge in [-0.05, 0) is 39.0 Å². The monoisotopic (exact) mass is 242 g/mol. The normalized spacial score (nSPS) is 30.1. The Morgan fingerprint density at radius 1 is 1.47 bits per heavy atom. The summed E-state index contributed by atoms with van der Waals surface area (Å²) in [4.78, 5) is 13.8. The highest BCUT2D eigenvalue weighted by Gasteiger charge is 2.32. The molecule has 17 heavy (non-hydrogen) atoms. The number of nitrogens with two attached hydrogens (primary N) is 1. The van der Waals surface area contributed by atoms with E-state index in [1.807, 2.05) is 0 Å². The highest BCUT2D eigenvalue weighted by Crippen LogP contribution is 2.29. The van der Waals surface area contributed by atoms with Gasteiger partial charge in [0.05, 0.1) is 5.60 Å². The fraction of sp³-hybridized carbons (Fsp3) is 0.923. The van der Waals surface area contributed by atoms with Crippen LogP contribution in [0.25, 0.3) is 0 Å². The number of carbonyl (C=O) groups is 1. The van der Waals surface area contributed by atoms with Crippen LogP contribution in [0.4, 0.5) is 0 Å². The lowest BCUT2D eigenvalue weighted by atomic mass is 9.78. The predicted octanol–water partition coefficient (Wildman–Crippen LogP) is 0.979. The molecule has 0 aromatic carbocycles. The van der Waals surface area contributed by atoms with Gasteiger partial charge in [-0.25, -0.2) is 0 Å². The fourth-order valence-electron chi connectivity index (χ4n) is 2.61. The van der Waals surface area contributed by atoms with Crippen LogP contribution in [-0.2, 0) is 4.79 Å². The van der Waals surface area contributed by atoms with E-state index in [4.69, 9.17) is 5.73 Å². The zero-order valence-corrected chi connectivity index (χ0v) is 11.4. The molecule has 3 N–H and O–H groups in total. The summed E-state index contributed by atoms with van der Waals surface area (Å²) in [6.07, 6.45) is 2.67. The smallest absolute Gasteiger partial charge is 0.225 e. The molecule has 1 rings (SSSR count). The number of hydrogen-bond donors (Lipinski definition) is 2. The first-order valence-electron chi connectivity index (χ1n) is 6.43. The lowest BCUT2D eigenvalue weighted by molar-refractivity contribution is -0.138. The van der Waals surface area contributed by atoms with Gasteiger partial charge < -0.3 is 15.7 Å². The summed E-state index contributed by atoms with van der Waals surface area (Å²) in [6.45, 7) is 5.93. The van der Waals surface area contributed by atoms with Crippen LogP contribution in [0.3, 0.4) is 0 Å². The molecule has 3 atom stereocenters. The molecule has 1 fully saturated rings.